The molecule has 1 aliphatic carbocycles. The van der Waals surface area contributed by atoms with E-state index in [9.17, 15) is 4.79 Å². The second kappa shape index (κ2) is 5.17. The summed E-state index contributed by atoms with van der Waals surface area (Å²) in [6.07, 6.45) is 7.24. The summed E-state index contributed by atoms with van der Waals surface area (Å²) in [5.74, 6) is 1.52. The fourth-order valence-electron chi connectivity index (χ4n) is 3.37. The lowest BCUT2D eigenvalue weighted by molar-refractivity contribution is -0.124. The summed E-state index contributed by atoms with van der Waals surface area (Å²) in [5.41, 5.74) is 5.51. The van der Waals surface area contributed by atoms with E-state index in [1.807, 2.05) is 0 Å². The summed E-state index contributed by atoms with van der Waals surface area (Å²) >= 11 is 0. The van der Waals surface area contributed by atoms with Crippen LogP contribution in [0.4, 0.5) is 0 Å². The van der Waals surface area contributed by atoms with Crippen molar-refractivity contribution in [3.8, 4) is 0 Å². The topological polar surface area (TPSA) is 55.1 Å². The van der Waals surface area contributed by atoms with Crippen LogP contribution in [0.2, 0.25) is 0 Å². The quantitative estimate of drug-likeness (QED) is 0.749. The van der Waals surface area contributed by atoms with Crippen molar-refractivity contribution in [3.63, 3.8) is 0 Å². The maximum atomic E-state index is 11.5. The Hall–Kier alpha value is -0.570. The first-order valence-corrected chi connectivity index (χ1v) is 6.71. The second-order valence-electron chi connectivity index (χ2n) is 5.65. The number of piperidine rings is 1. The molecule has 92 valence electrons. The minimum absolute atomic E-state index is 0.0761. The molecule has 1 amide bonds. The van der Waals surface area contributed by atoms with Gasteiger partial charge in [-0.25, -0.2) is 0 Å². The Bertz CT molecular complexity index is 246. The van der Waals surface area contributed by atoms with Crippen molar-refractivity contribution >= 4 is 5.91 Å². The van der Waals surface area contributed by atoms with Crippen LogP contribution >= 0.6 is 0 Å². The van der Waals surface area contributed by atoms with Crippen LogP contribution in [0.5, 0.6) is 0 Å². The monoisotopic (exact) mass is 224 g/mol. The number of nitrogens with one attached hydrogen (secondary N) is 1. The number of primary amides is 1. The number of hydrogen-bond donors (Lipinski definition) is 2. The molecular weight excluding hydrogens is 200 g/mol. The molecule has 16 heavy (non-hydrogen) atoms. The average molecular weight is 224 g/mol. The number of amides is 1. The molecule has 1 saturated heterocycles. The van der Waals surface area contributed by atoms with Crippen LogP contribution in [0.25, 0.3) is 0 Å². The molecule has 3 heteroatoms. The Labute approximate surface area is 98.2 Å². The van der Waals surface area contributed by atoms with E-state index < -0.39 is 0 Å². The summed E-state index contributed by atoms with van der Waals surface area (Å²) < 4.78 is 0. The van der Waals surface area contributed by atoms with Crippen molar-refractivity contribution in [2.45, 2.75) is 51.5 Å². The van der Waals surface area contributed by atoms with Gasteiger partial charge < -0.3 is 11.1 Å². The van der Waals surface area contributed by atoms with Crippen molar-refractivity contribution in [1.82, 2.24) is 5.32 Å². The average Bonchev–Trinajstić information content (AvgIpc) is 2.30. The largest absolute Gasteiger partial charge is 0.369 e. The lowest BCUT2D eigenvalue weighted by Gasteiger charge is -2.39. The maximum absolute atomic E-state index is 11.5. The zero-order valence-corrected chi connectivity index (χ0v) is 10.2. The third-order valence-corrected chi connectivity index (χ3v) is 4.44. The normalized spacial score (nSPS) is 40.6. The number of carbonyl (C=O) groups excluding carboxylic acids is 1. The molecule has 1 heterocycles. The van der Waals surface area contributed by atoms with E-state index in [2.05, 4.69) is 12.2 Å². The van der Waals surface area contributed by atoms with Crippen LogP contribution in [0, 0.1) is 17.8 Å². The number of nitrogens with two attached hydrogens (primary N) is 1. The third kappa shape index (κ3) is 2.57. The van der Waals surface area contributed by atoms with Crippen molar-refractivity contribution in [1.29, 1.82) is 0 Å². The number of carbonyl (C=O) groups is 1. The molecule has 0 spiro atoms. The number of rotatable bonds is 2. The summed E-state index contributed by atoms with van der Waals surface area (Å²) in [6, 6.07) is 0.360. The first-order chi connectivity index (χ1) is 7.68. The van der Waals surface area contributed by atoms with E-state index >= 15 is 0 Å². The van der Waals surface area contributed by atoms with Crippen LogP contribution in [-0.4, -0.2) is 18.5 Å². The lowest BCUT2D eigenvalue weighted by Crippen LogP contribution is -2.51. The Kier molecular flexibility index (Phi) is 3.85. The first kappa shape index (κ1) is 11.9. The van der Waals surface area contributed by atoms with Crippen molar-refractivity contribution < 1.29 is 4.79 Å². The Morgan fingerprint density at radius 1 is 1.19 bits per heavy atom. The van der Waals surface area contributed by atoms with Crippen molar-refractivity contribution in [2.75, 3.05) is 6.54 Å². The second-order valence-corrected chi connectivity index (χ2v) is 5.65. The third-order valence-electron chi connectivity index (χ3n) is 4.44. The molecule has 2 rings (SSSR count). The zero-order valence-electron chi connectivity index (χ0n) is 10.2. The fraction of sp³-hybridized carbons (Fsp3) is 0.923. The maximum Gasteiger partial charge on any atom is 0.222 e. The highest BCUT2D eigenvalue weighted by Gasteiger charge is 2.35. The molecule has 0 aromatic rings. The molecule has 0 bridgehead atoms. The van der Waals surface area contributed by atoms with Crippen LogP contribution in [-0.2, 0) is 4.79 Å². The minimum Gasteiger partial charge on any atom is -0.369 e. The summed E-state index contributed by atoms with van der Waals surface area (Å²) in [5, 5.41) is 3.53. The summed E-state index contributed by atoms with van der Waals surface area (Å²) in [7, 11) is 0. The molecule has 3 N–H and O–H groups in total. The van der Waals surface area contributed by atoms with E-state index in [4.69, 9.17) is 5.73 Å². The molecular formula is C13H24N2O. The van der Waals surface area contributed by atoms with E-state index in [0.29, 0.717) is 12.0 Å². The molecule has 1 saturated carbocycles. The molecule has 3 nitrogen and oxygen atoms in total. The molecule has 2 atom stereocenters. The van der Waals surface area contributed by atoms with Crippen LogP contribution < -0.4 is 11.1 Å². The van der Waals surface area contributed by atoms with Gasteiger partial charge in [0.2, 0.25) is 5.91 Å². The van der Waals surface area contributed by atoms with E-state index in [0.717, 1.165) is 25.3 Å². The number of hydrogen-bond acceptors (Lipinski definition) is 2. The smallest absolute Gasteiger partial charge is 0.222 e. The lowest BCUT2D eigenvalue weighted by atomic mass is 9.73. The predicted octanol–water partition coefficient (Wildman–Crippen LogP) is 1.67. The molecule has 2 fully saturated rings. The molecule has 2 unspecified atom stereocenters. The molecule has 0 radical (unpaired) electrons. The zero-order chi connectivity index (χ0) is 11.5. The van der Waals surface area contributed by atoms with E-state index in [-0.39, 0.29) is 11.8 Å². The van der Waals surface area contributed by atoms with Crippen molar-refractivity contribution in [3.05, 3.63) is 0 Å². The van der Waals surface area contributed by atoms with Gasteiger partial charge in [0, 0.05) is 6.04 Å². The van der Waals surface area contributed by atoms with Crippen LogP contribution in [0.15, 0.2) is 0 Å². The molecule has 0 aromatic carbocycles. The van der Waals surface area contributed by atoms with Gasteiger partial charge in [0.05, 0.1) is 5.92 Å². The highest BCUT2D eigenvalue weighted by Crippen LogP contribution is 2.34. The first-order valence-electron chi connectivity index (χ1n) is 6.71. The van der Waals surface area contributed by atoms with E-state index in [1.54, 1.807) is 0 Å². The van der Waals surface area contributed by atoms with Gasteiger partial charge in [0.1, 0.15) is 0 Å². The van der Waals surface area contributed by atoms with E-state index in [1.165, 1.54) is 25.7 Å². The Morgan fingerprint density at radius 3 is 2.50 bits per heavy atom. The van der Waals surface area contributed by atoms with Gasteiger partial charge >= 0.3 is 0 Å². The van der Waals surface area contributed by atoms with Crippen LogP contribution in [0.1, 0.15) is 45.4 Å². The Balaban J connectivity index is 1.97. The molecule has 1 aliphatic heterocycles. The minimum atomic E-state index is -0.101. The molecule has 0 aromatic heterocycles. The van der Waals surface area contributed by atoms with Gasteiger partial charge in [-0.3, -0.25) is 4.79 Å². The highest BCUT2D eigenvalue weighted by molar-refractivity contribution is 5.77. The Morgan fingerprint density at radius 2 is 1.88 bits per heavy atom. The van der Waals surface area contributed by atoms with Gasteiger partial charge in [-0.15, -0.1) is 0 Å². The standard InChI is InChI=1S/C13H24N2O/c1-9-4-6-10(7-5-9)12-11(13(14)16)3-2-8-15-12/h9-12,15H,2-8H2,1H3,(H2,14,16). The van der Waals surface area contributed by atoms with Gasteiger partial charge in [0.25, 0.3) is 0 Å². The van der Waals surface area contributed by atoms with Gasteiger partial charge in [0.15, 0.2) is 0 Å². The SMILES string of the molecule is CC1CCC(C2NCCCC2C(N)=O)CC1. The molecule has 2 aliphatic rings. The predicted molar refractivity (Wildman–Crippen MR) is 64.8 cm³/mol. The van der Waals surface area contributed by atoms with Gasteiger partial charge in [-0.1, -0.05) is 19.8 Å². The fourth-order valence-corrected chi connectivity index (χ4v) is 3.37. The summed E-state index contributed by atoms with van der Waals surface area (Å²) in [6.45, 7) is 3.39. The van der Waals surface area contributed by atoms with Gasteiger partial charge in [-0.2, -0.15) is 0 Å². The summed E-state index contributed by atoms with van der Waals surface area (Å²) in [4.78, 5) is 11.5. The van der Waals surface area contributed by atoms with Crippen LogP contribution in [0.3, 0.4) is 0 Å². The van der Waals surface area contributed by atoms with Gasteiger partial charge in [-0.05, 0) is 44.1 Å². The van der Waals surface area contributed by atoms with Crippen molar-refractivity contribution in [2.24, 2.45) is 23.5 Å². The highest BCUT2D eigenvalue weighted by atomic mass is 16.1.